The van der Waals surface area contributed by atoms with Gasteiger partial charge in [0.2, 0.25) is 0 Å². The van der Waals surface area contributed by atoms with Crippen LogP contribution >= 0.6 is 24.4 Å². The number of thiocarbonyl (C=S) groups is 2. The fourth-order valence-electron chi connectivity index (χ4n) is 5.84. The first-order valence-corrected chi connectivity index (χ1v) is 14.0. The van der Waals surface area contributed by atoms with Crippen molar-refractivity contribution < 1.29 is 9.47 Å². The molecule has 2 bridgehead atoms. The van der Waals surface area contributed by atoms with Gasteiger partial charge in [0.05, 0.1) is 0 Å². The topological polar surface area (TPSA) is 42.5 Å². The van der Waals surface area contributed by atoms with Crippen molar-refractivity contribution in [1.29, 1.82) is 0 Å². The van der Waals surface area contributed by atoms with E-state index in [9.17, 15) is 0 Å². The highest BCUT2D eigenvalue weighted by Crippen LogP contribution is 2.58. The van der Waals surface area contributed by atoms with Crippen LogP contribution in [0.4, 0.5) is 11.4 Å². The Morgan fingerprint density at radius 1 is 0.564 bits per heavy atom. The van der Waals surface area contributed by atoms with E-state index in [1.807, 2.05) is 24.3 Å². The summed E-state index contributed by atoms with van der Waals surface area (Å²) in [6, 6.07) is 33.3. The first-order valence-electron chi connectivity index (χ1n) is 13.2. The molecule has 2 aliphatic carbocycles. The molecule has 4 nitrogen and oxygen atoms in total. The van der Waals surface area contributed by atoms with Crippen LogP contribution in [0.3, 0.4) is 0 Å². The average molecular weight is 551 g/mol. The Hall–Kier alpha value is -3.74. The maximum Gasteiger partial charge on any atom is 0.261 e. The minimum Gasteiger partial charge on any atom is -0.462 e. The molecule has 4 atom stereocenters. The normalized spacial score (nSPS) is 20.7. The van der Waals surface area contributed by atoms with Crippen LogP contribution in [0.15, 0.2) is 97.1 Å². The van der Waals surface area contributed by atoms with Crippen molar-refractivity contribution >= 4 is 46.2 Å². The van der Waals surface area contributed by atoms with Crippen LogP contribution in [0.25, 0.3) is 0 Å². The number of anilines is 2. The van der Waals surface area contributed by atoms with Crippen molar-refractivity contribution in [2.75, 3.05) is 10.6 Å². The highest BCUT2D eigenvalue weighted by atomic mass is 32.1. The first kappa shape index (κ1) is 25.5. The van der Waals surface area contributed by atoms with Gasteiger partial charge in [0.15, 0.2) is 0 Å². The summed E-state index contributed by atoms with van der Waals surface area (Å²) in [5, 5.41) is 7.27. The van der Waals surface area contributed by atoms with E-state index < -0.39 is 0 Å². The van der Waals surface area contributed by atoms with Gasteiger partial charge in [-0.15, -0.1) is 0 Å². The van der Waals surface area contributed by atoms with Crippen LogP contribution in [0.1, 0.15) is 63.8 Å². The van der Waals surface area contributed by atoms with Crippen LogP contribution in [0.2, 0.25) is 0 Å². The number of nitrogens with one attached hydrogen (secondary N) is 2. The van der Waals surface area contributed by atoms with Crippen LogP contribution < -0.4 is 10.6 Å². The zero-order valence-corrected chi connectivity index (χ0v) is 23.5. The lowest BCUT2D eigenvalue weighted by molar-refractivity contribution is 0.0846. The quantitative estimate of drug-likeness (QED) is 0.248. The lowest BCUT2D eigenvalue weighted by Crippen LogP contribution is -2.36. The van der Waals surface area contributed by atoms with Crippen molar-refractivity contribution in [3.63, 3.8) is 0 Å². The van der Waals surface area contributed by atoms with Crippen molar-refractivity contribution in [2.24, 2.45) is 0 Å². The summed E-state index contributed by atoms with van der Waals surface area (Å²) in [5.74, 6) is 0.273. The molecular formula is C33H30N2O2S2. The number of hydrogen-bond acceptors (Lipinski definition) is 4. The van der Waals surface area contributed by atoms with E-state index in [-0.39, 0.29) is 24.0 Å². The molecule has 0 fully saturated rings. The van der Waals surface area contributed by atoms with Crippen molar-refractivity contribution in [2.45, 2.75) is 44.3 Å². The second kappa shape index (κ2) is 10.8. The van der Waals surface area contributed by atoms with Gasteiger partial charge >= 0.3 is 0 Å². The third-order valence-corrected chi connectivity index (χ3v) is 8.10. The second-order valence-corrected chi connectivity index (χ2v) is 11.1. The Morgan fingerprint density at radius 3 is 1.31 bits per heavy atom. The Balaban J connectivity index is 1.29. The number of fused-ring (bicyclic) bond motifs is 6. The Bertz CT molecular complexity index is 1400. The standard InChI is InChI=1S/C33H30N2O2S2/c1-20-11-15-22(16-12-20)34-32(38)36-30-26-9-5-3-7-24(26)29-19-28(30)25-8-4-6-10-27(25)31(29)37-33(39)35-23-17-13-21(2)14-18-23/h3-18,28-31H,19H2,1-2H3,(H,34,38)(H,35,39)/t28-,29-,30-,31-/m1/s1. The number of aryl methyl sites for hydroxylation is 2. The summed E-state index contributed by atoms with van der Waals surface area (Å²) in [6.07, 6.45) is 0.467. The van der Waals surface area contributed by atoms with Gasteiger partial charge in [-0.2, -0.15) is 0 Å². The second-order valence-electron chi connectivity index (χ2n) is 10.3. The summed E-state index contributed by atoms with van der Waals surface area (Å²) in [5.41, 5.74) is 8.95. The molecule has 0 saturated carbocycles. The fourth-order valence-corrected chi connectivity index (χ4v) is 6.28. The fraction of sp³-hybridized carbons (Fsp3) is 0.212. The Labute approximate surface area is 240 Å². The van der Waals surface area contributed by atoms with Gasteiger partial charge in [0, 0.05) is 23.2 Å². The maximum absolute atomic E-state index is 6.54. The lowest BCUT2D eigenvalue weighted by Gasteiger charge is -2.46. The highest BCUT2D eigenvalue weighted by Gasteiger charge is 2.47. The van der Waals surface area contributed by atoms with Gasteiger partial charge in [-0.1, -0.05) is 83.9 Å². The number of ether oxygens (including phenoxy) is 2. The molecule has 39 heavy (non-hydrogen) atoms. The van der Waals surface area contributed by atoms with E-state index in [0.717, 1.165) is 28.9 Å². The zero-order chi connectivity index (χ0) is 26.9. The summed E-state index contributed by atoms with van der Waals surface area (Å²) in [4.78, 5) is 0. The van der Waals surface area contributed by atoms with Gasteiger partial charge in [0.25, 0.3) is 10.3 Å². The number of benzene rings is 4. The molecule has 0 amide bonds. The molecule has 0 aliphatic heterocycles. The molecular weight excluding hydrogens is 521 g/mol. The molecule has 6 rings (SSSR count). The molecule has 6 heteroatoms. The van der Waals surface area contributed by atoms with Gasteiger partial charge < -0.3 is 20.1 Å². The van der Waals surface area contributed by atoms with Crippen LogP contribution in [0.5, 0.6) is 0 Å². The Morgan fingerprint density at radius 2 is 0.923 bits per heavy atom. The average Bonchev–Trinajstić information content (AvgIpc) is 2.95. The molecule has 2 N–H and O–H groups in total. The van der Waals surface area contributed by atoms with Crippen LogP contribution in [0, 0.1) is 13.8 Å². The van der Waals surface area contributed by atoms with E-state index in [4.69, 9.17) is 33.9 Å². The van der Waals surface area contributed by atoms with E-state index in [0.29, 0.717) is 10.3 Å². The Kier molecular flexibility index (Phi) is 7.07. The highest BCUT2D eigenvalue weighted by molar-refractivity contribution is 7.80. The zero-order valence-electron chi connectivity index (χ0n) is 21.9. The van der Waals surface area contributed by atoms with Crippen molar-refractivity contribution in [3.05, 3.63) is 130 Å². The molecule has 2 aliphatic rings. The van der Waals surface area contributed by atoms with Gasteiger partial charge in [-0.25, -0.2) is 0 Å². The van der Waals surface area contributed by atoms with Gasteiger partial charge in [0.1, 0.15) is 12.2 Å². The molecule has 0 unspecified atom stereocenters. The SMILES string of the molecule is Cc1ccc(NC(=S)O[C@@H]2c3ccccc3[C@H]3C[C@@H]2c2ccccc2[C@H]3OC(=S)Nc2ccc(C)cc2)cc1. The first-order chi connectivity index (χ1) is 19.0. The van der Waals surface area contributed by atoms with E-state index in [1.165, 1.54) is 22.3 Å². The molecule has 0 heterocycles. The molecule has 0 saturated heterocycles. The molecule has 4 aromatic carbocycles. The predicted molar refractivity (Wildman–Crippen MR) is 165 cm³/mol. The van der Waals surface area contributed by atoms with Crippen molar-refractivity contribution in [1.82, 2.24) is 0 Å². The lowest BCUT2D eigenvalue weighted by atomic mass is 9.64. The van der Waals surface area contributed by atoms with Crippen LogP contribution in [-0.2, 0) is 9.47 Å². The summed E-state index contributed by atoms with van der Waals surface area (Å²) >= 11 is 11.4. The maximum atomic E-state index is 6.54. The third-order valence-electron chi connectivity index (χ3n) is 7.71. The molecule has 0 radical (unpaired) electrons. The minimum atomic E-state index is -0.206. The molecule has 196 valence electrons. The summed E-state index contributed by atoms with van der Waals surface area (Å²) < 4.78 is 13.1. The third kappa shape index (κ3) is 5.27. The molecule has 0 spiro atoms. The number of rotatable bonds is 4. The van der Waals surface area contributed by atoms with Gasteiger partial charge in [-0.05, 0) is 91.2 Å². The monoisotopic (exact) mass is 550 g/mol. The van der Waals surface area contributed by atoms with E-state index in [1.54, 1.807) is 0 Å². The number of hydrogen-bond donors (Lipinski definition) is 2. The summed E-state index contributed by atoms with van der Waals surface area (Å²) in [6.45, 7) is 4.13. The predicted octanol–water partition coefficient (Wildman–Crippen LogP) is 8.50. The smallest absolute Gasteiger partial charge is 0.261 e. The van der Waals surface area contributed by atoms with E-state index >= 15 is 0 Å². The molecule has 4 aromatic rings. The largest absolute Gasteiger partial charge is 0.462 e. The van der Waals surface area contributed by atoms with Crippen LogP contribution in [-0.4, -0.2) is 10.3 Å². The minimum absolute atomic E-state index is 0.136. The van der Waals surface area contributed by atoms with Crippen molar-refractivity contribution in [3.8, 4) is 0 Å². The summed E-state index contributed by atoms with van der Waals surface area (Å²) in [7, 11) is 0. The van der Waals surface area contributed by atoms with Gasteiger partial charge in [-0.3, -0.25) is 0 Å². The van der Waals surface area contributed by atoms with E-state index in [2.05, 4.69) is 97.3 Å². The molecule has 0 aromatic heterocycles.